The van der Waals surface area contributed by atoms with Gasteiger partial charge >= 0.3 is 0 Å². The van der Waals surface area contributed by atoms with E-state index in [4.69, 9.17) is 0 Å². The molecule has 0 radical (unpaired) electrons. The molecule has 10 heavy (non-hydrogen) atoms. The van der Waals surface area contributed by atoms with Crippen LogP contribution in [0.1, 0.15) is 27.7 Å². The maximum atomic E-state index is 3.20. The van der Waals surface area contributed by atoms with Crippen LogP contribution < -0.4 is 0 Å². The monoisotopic (exact) mass is 156 g/mol. The normalized spacial score (nSPS) is 12.5. The van der Waals surface area contributed by atoms with Crippen LogP contribution in [0.4, 0.5) is 0 Å². The standard InChI is InChI=1S/C8H15P.BH3/c1-6-7-9(5)8(2,3)4;/h1-5H3;1H3/t9-;/m1./s1. The Morgan fingerprint density at radius 3 is 1.70 bits per heavy atom. The molecule has 0 aliphatic heterocycles. The SMILES string of the molecule is B.CC#C[P@@](C)C(C)(C)C. The predicted octanol–water partition coefficient (Wildman–Crippen LogP) is 1.69. The van der Waals surface area contributed by atoms with Crippen molar-refractivity contribution >= 4 is 16.3 Å². The van der Waals surface area contributed by atoms with E-state index in [0.717, 1.165) is 0 Å². The van der Waals surface area contributed by atoms with E-state index in [9.17, 15) is 0 Å². The molecule has 2 heteroatoms. The van der Waals surface area contributed by atoms with Gasteiger partial charge in [-0.05, 0) is 26.7 Å². The van der Waals surface area contributed by atoms with Crippen LogP contribution in [0.3, 0.4) is 0 Å². The van der Waals surface area contributed by atoms with Crippen LogP contribution in [-0.2, 0) is 0 Å². The fourth-order valence-corrected chi connectivity index (χ4v) is 1.01. The minimum absolute atomic E-state index is 0. The number of hydrogen-bond donors (Lipinski definition) is 0. The molecule has 1 atom stereocenters. The molecule has 0 rings (SSSR count). The van der Waals surface area contributed by atoms with Crippen LogP contribution >= 0.6 is 7.92 Å². The molecule has 0 heterocycles. The average Bonchev–Trinajstić information content (AvgIpc) is 1.64. The van der Waals surface area contributed by atoms with Gasteiger partial charge in [-0.1, -0.05) is 26.4 Å². The van der Waals surface area contributed by atoms with Crippen molar-refractivity contribution in [2.24, 2.45) is 0 Å². The lowest BCUT2D eigenvalue weighted by Gasteiger charge is -2.22. The molecule has 0 aromatic carbocycles. The van der Waals surface area contributed by atoms with Crippen molar-refractivity contribution < 1.29 is 0 Å². The number of rotatable bonds is 0. The Morgan fingerprint density at radius 2 is 1.60 bits per heavy atom. The minimum atomic E-state index is -0.0828. The molecule has 0 aliphatic rings. The highest BCUT2D eigenvalue weighted by Gasteiger charge is 2.16. The molecular formula is C8H18BP. The van der Waals surface area contributed by atoms with Crippen LogP contribution in [0.25, 0.3) is 0 Å². The maximum absolute atomic E-state index is 3.20. The first-order chi connectivity index (χ1) is 3.98. The molecule has 58 valence electrons. The molecule has 0 saturated heterocycles. The quantitative estimate of drug-likeness (QED) is 0.284. The highest BCUT2D eigenvalue weighted by molar-refractivity contribution is 7.63. The second-order valence-electron chi connectivity index (χ2n) is 3.09. The van der Waals surface area contributed by atoms with Gasteiger partial charge in [-0.25, -0.2) is 0 Å². The summed E-state index contributed by atoms with van der Waals surface area (Å²) in [4.78, 5) is 0. The van der Waals surface area contributed by atoms with E-state index in [2.05, 4.69) is 39.0 Å². The van der Waals surface area contributed by atoms with Crippen molar-refractivity contribution in [1.29, 1.82) is 0 Å². The van der Waals surface area contributed by atoms with Crippen LogP contribution in [0.2, 0.25) is 0 Å². The largest absolute Gasteiger partial charge is 0.102 e. The van der Waals surface area contributed by atoms with Gasteiger partial charge in [-0.15, -0.1) is 5.92 Å². The Balaban J connectivity index is 0. The van der Waals surface area contributed by atoms with Gasteiger partial charge in [0.15, 0.2) is 0 Å². The Labute approximate surface area is 68.1 Å². The lowest BCUT2D eigenvalue weighted by atomic mass is 10.3. The molecule has 0 aromatic rings. The van der Waals surface area contributed by atoms with E-state index in [0.29, 0.717) is 5.16 Å². The van der Waals surface area contributed by atoms with Crippen molar-refractivity contribution in [3.05, 3.63) is 0 Å². The third kappa shape index (κ3) is 4.89. The van der Waals surface area contributed by atoms with Crippen molar-refractivity contribution in [1.82, 2.24) is 0 Å². The summed E-state index contributed by atoms with van der Waals surface area (Å²) in [5.41, 5.74) is 3.20. The fraction of sp³-hybridized carbons (Fsp3) is 0.750. The lowest BCUT2D eigenvalue weighted by molar-refractivity contribution is 0.791. The van der Waals surface area contributed by atoms with Gasteiger partial charge in [0.05, 0.1) is 8.41 Å². The molecule has 0 bridgehead atoms. The van der Waals surface area contributed by atoms with E-state index in [1.165, 1.54) is 0 Å². The van der Waals surface area contributed by atoms with Crippen LogP contribution in [-0.4, -0.2) is 20.2 Å². The summed E-state index contributed by atoms with van der Waals surface area (Å²) in [6.07, 6.45) is 0. The van der Waals surface area contributed by atoms with E-state index in [-0.39, 0.29) is 16.3 Å². The zero-order valence-electron chi connectivity index (χ0n) is 6.95. The maximum Gasteiger partial charge on any atom is 0.0814 e. The average molecular weight is 156 g/mol. The molecule has 0 unspecified atom stereocenters. The molecule has 0 aliphatic carbocycles. The molecule has 0 spiro atoms. The lowest BCUT2D eigenvalue weighted by Crippen LogP contribution is -2.08. The van der Waals surface area contributed by atoms with Gasteiger partial charge < -0.3 is 0 Å². The smallest absolute Gasteiger partial charge is 0.0814 e. The first kappa shape index (κ1) is 12.7. The Hall–Kier alpha value is 0.0549. The van der Waals surface area contributed by atoms with E-state index in [1.54, 1.807) is 0 Å². The van der Waals surface area contributed by atoms with Gasteiger partial charge in [0.25, 0.3) is 0 Å². The van der Waals surface area contributed by atoms with E-state index >= 15 is 0 Å². The number of hydrogen-bond acceptors (Lipinski definition) is 0. The highest BCUT2D eigenvalue weighted by Crippen LogP contribution is 2.44. The summed E-state index contributed by atoms with van der Waals surface area (Å²) in [6.45, 7) is 10.9. The first-order valence-electron chi connectivity index (χ1n) is 3.14. The second-order valence-corrected chi connectivity index (χ2v) is 5.77. The van der Waals surface area contributed by atoms with E-state index < -0.39 is 0 Å². The highest BCUT2D eigenvalue weighted by atomic mass is 31.1. The van der Waals surface area contributed by atoms with Gasteiger partial charge in [-0.3, -0.25) is 0 Å². The fourth-order valence-electron chi connectivity index (χ4n) is 0.335. The third-order valence-electron chi connectivity index (χ3n) is 1.29. The minimum Gasteiger partial charge on any atom is -0.102 e. The van der Waals surface area contributed by atoms with Crippen LogP contribution in [0.5, 0.6) is 0 Å². The van der Waals surface area contributed by atoms with Crippen LogP contribution in [0.15, 0.2) is 0 Å². The van der Waals surface area contributed by atoms with E-state index in [1.807, 2.05) is 6.92 Å². The predicted molar refractivity (Wildman–Crippen MR) is 56.0 cm³/mol. The van der Waals surface area contributed by atoms with Gasteiger partial charge in [0, 0.05) is 0 Å². The molecule has 0 nitrogen and oxygen atoms in total. The third-order valence-corrected chi connectivity index (χ3v) is 3.86. The summed E-state index contributed by atoms with van der Waals surface area (Å²) in [7, 11) is -0.0828. The van der Waals surface area contributed by atoms with Crippen LogP contribution in [0, 0.1) is 11.6 Å². The summed E-state index contributed by atoms with van der Waals surface area (Å²) >= 11 is 0. The van der Waals surface area contributed by atoms with Gasteiger partial charge in [-0.2, -0.15) is 0 Å². The zero-order chi connectivity index (χ0) is 7.49. The summed E-state index contributed by atoms with van der Waals surface area (Å²) in [5, 5.41) is 0.401. The van der Waals surface area contributed by atoms with Crippen molar-refractivity contribution in [3.63, 3.8) is 0 Å². The Bertz CT molecular complexity index is 136. The van der Waals surface area contributed by atoms with Gasteiger partial charge in [0.1, 0.15) is 0 Å². The second kappa shape index (κ2) is 4.81. The zero-order valence-corrected chi connectivity index (χ0v) is 7.84. The Morgan fingerprint density at radius 1 is 1.20 bits per heavy atom. The molecule has 0 N–H and O–H groups in total. The Kier molecular flexibility index (Phi) is 6.11. The van der Waals surface area contributed by atoms with Gasteiger partial charge in [0.2, 0.25) is 0 Å². The molecule has 0 saturated carbocycles. The molecule has 0 aromatic heterocycles. The van der Waals surface area contributed by atoms with Crippen molar-refractivity contribution in [2.45, 2.75) is 32.9 Å². The van der Waals surface area contributed by atoms with Crippen molar-refractivity contribution in [3.8, 4) is 11.6 Å². The molecule has 0 fully saturated rings. The summed E-state index contributed by atoms with van der Waals surface area (Å²) in [6, 6.07) is 0. The topological polar surface area (TPSA) is 0 Å². The van der Waals surface area contributed by atoms with Crippen molar-refractivity contribution in [2.75, 3.05) is 6.66 Å². The molecule has 0 amide bonds. The summed E-state index contributed by atoms with van der Waals surface area (Å²) < 4.78 is 0. The summed E-state index contributed by atoms with van der Waals surface area (Å²) in [5.74, 6) is 2.95. The first-order valence-corrected chi connectivity index (χ1v) is 4.93. The molecular weight excluding hydrogens is 138 g/mol.